The van der Waals surface area contributed by atoms with Gasteiger partial charge in [0.15, 0.2) is 0 Å². The standard InChI is InChI=1S/C16H32N2O2/c1-4-6-7-15(5-2)14-18-12-10-17(11-13-18)9-8-16(19)20-3/h15H,4-14H2,1-3H3. The van der Waals surface area contributed by atoms with Crippen LogP contribution >= 0.6 is 0 Å². The quantitative estimate of drug-likeness (QED) is 0.609. The van der Waals surface area contributed by atoms with Crippen LogP contribution in [0.2, 0.25) is 0 Å². The van der Waals surface area contributed by atoms with Crippen molar-refractivity contribution in [3.05, 3.63) is 0 Å². The molecule has 1 rings (SSSR count). The Hall–Kier alpha value is -0.610. The highest BCUT2D eigenvalue weighted by molar-refractivity contribution is 5.69. The van der Waals surface area contributed by atoms with Crippen molar-refractivity contribution in [2.24, 2.45) is 5.92 Å². The Morgan fingerprint density at radius 1 is 1.15 bits per heavy atom. The summed E-state index contributed by atoms with van der Waals surface area (Å²) in [5.41, 5.74) is 0. The molecule has 0 aromatic rings. The van der Waals surface area contributed by atoms with Gasteiger partial charge in [-0.15, -0.1) is 0 Å². The number of hydrogen-bond acceptors (Lipinski definition) is 4. The van der Waals surface area contributed by atoms with Gasteiger partial charge in [0, 0.05) is 39.3 Å². The van der Waals surface area contributed by atoms with Crippen LogP contribution < -0.4 is 0 Å². The van der Waals surface area contributed by atoms with Crippen LogP contribution in [0.15, 0.2) is 0 Å². The van der Waals surface area contributed by atoms with E-state index in [1.54, 1.807) is 0 Å². The van der Waals surface area contributed by atoms with Gasteiger partial charge in [-0.05, 0) is 12.3 Å². The van der Waals surface area contributed by atoms with E-state index in [4.69, 9.17) is 4.74 Å². The van der Waals surface area contributed by atoms with E-state index in [1.807, 2.05) is 0 Å². The lowest BCUT2D eigenvalue weighted by Crippen LogP contribution is -2.48. The number of esters is 1. The van der Waals surface area contributed by atoms with Crippen molar-refractivity contribution in [1.82, 2.24) is 9.80 Å². The molecule has 4 nitrogen and oxygen atoms in total. The van der Waals surface area contributed by atoms with E-state index < -0.39 is 0 Å². The second-order valence-corrected chi connectivity index (χ2v) is 5.88. The van der Waals surface area contributed by atoms with Crippen molar-refractivity contribution >= 4 is 5.97 Å². The molecule has 1 aliphatic heterocycles. The Balaban J connectivity index is 2.19. The summed E-state index contributed by atoms with van der Waals surface area (Å²) in [6, 6.07) is 0. The highest BCUT2D eigenvalue weighted by atomic mass is 16.5. The first-order valence-corrected chi connectivity index (χ1v) is 8.21. The van der Waals surface area contributed by atoms with Crippen molar-refractivity contribution in [3.63, 3.8) is 0 Å². The normalized spacial score (nSPS) is 18.9. The van der Waals surface area contributed by atoms with E-state index >= 15 is 0 Å². The van der Waals surface area contributed by atoms with Gasteiger partial charge in [-0.2, -0.15) is 0 Å². The largest absolute Gasteiger partial charge is 0.469 e. The lowest BCUT2D eigenvalue weighted by molar-refractivity contribution is -0.141. The molecule has 1 saturated heterocycles. The van der Waals surface area contributed by atoms with E-state index in [2.05, 4.69) is 23.6 Å². The van der Waals surface area contributed by atoms with Crippen molar-refractivity contribution < 1.29 is 9.53 Å². The van der Waals surface area contributed by atoms with Crippen molar-refractivity contribution in [2.45, 2.75) is 46.0 Å². The number of carbonyl (C=O) groups is 1. The molecule has 0 spiro atoms. The summed E-state index contributed by atoms with van der Waals surface area (Å²) < 4.78 is 4.69. The van der Waals surface area contributed by atoms with Crippen molar-refractivity contribution in [2.75, 3.05) is 46.4 Å². The predicted molar refractivity (Wildman–Crippen MR) is 82.8 cm³/mol. The highest BCUT2D eigenvalue weighted by Crippen LogP contribution is 2.15. The molecule has 0 aliphatic carbocycles. The van der Waals surface area contributed by atoms with Gasteiger partial charge in [0.1, 0.15) is 0 Å². The number of methoxy groups -OCH3 is 1. The smallest absolute Gasteiger partial charge is 0.306 e. The van der Waals surface area contributed by atoms with Crippen LogP contribution in [0.3, 0.4) is 0 Å². The van der Waals surface area contributed by atoms with Crippen LogP contribution in [0.4, 0.5) is 0 Å². The molecule has 20 heavy (non-hydrogen) atoms. The molecule has 0 N–H and O–H groups in total. The number of nitrogens with zero attached hydrogens (tertiary/aromatic N) is 2. The molecule has 1 atom stereocenters. The summed E-state index contributed by atoms with van der Waals surface area (Å²) in [5, 5.41) is 0. The minimum Gasteiger partial charge on any atom is -0.469 e. The van der Waals surface area contributed by atoms with Gasteiger partial charge in [0.2, 0.25) is 0 Å². The molecule has 0 bridgehead atoms. The van der Waals surface area contributed by atoms with Gasteiger partial charge < -0.3 is 14.5 Å². The molecule has 0 aromatic carbocycles. The van der Waals surface area contributed by atoms with Gasteiger partial charge in [-0.25, -0.2) is 0 Å². The fourth-order valence-corrected chi connectivity index (χ4v) is 2.83. The van der Waals surface area contributed by atoms with Gasteiger partial charge in [0.25, 0.3) is 0 Å². The molecular weight excluding hydrogens is 252 g/mol. The Morgan fingerprint density at radius 2 is 1.80 bits per heavy atom. The van der Waals surface area contributed by atoms with E-state index in [0.29, 0.717) is 6.42 Å². The van der Waals surface area contributed by atoms with E-state index in [1.165, 1.54) is 39.3 Å². The van der Waals surface area contributed by atoms with Gasteiger partial charge in [0.05, 0.1) is 13.5 Å². The molecule has 118 valence electrons. The van der Waals surface area contributed by atoms with Gasteiger partial charge in [-0.3, -0.25) is 4.79 Å². The van der Waals surface area contributed by atoms with Crippen LogP contribution in [-0.2, 0) is 9.53 Å². The second-order valence-electron chi connectivity index (χ2n) is 5.88. The second kappa shape index (κ2) is 10.2. The average Bonchev–Trinajstić information content (AvgIpc) is 2.50. The molecule has 1 aliphatic rings. The van der Waals surface area contributed by atoms with Crippen LogP contribution in [0.25, 0.3) is 0 Å². The Kier molecular flexibility index (Phi) is 8.86. The van der Waals surface area contributed by atoms with Crippen molar-refractivity contribution in [3.8, 4) is 0 Å². The number of rotatable bonds is 9. The lowest BCUT2D eigenvalue weighted by Gasteiger charge is -2.36. The maximum absolute atomic E-state index is 11.1. The first-order valence-electron chi connectivity index (χ1n) is 8.21. The summed E-state index contributed by atoms with van der Waals surface area (Å²) in [6.07, 6.45) is 5.85. The third-order valence-corrected chi connectivity index (χ3v) is 4.38. The number of piperazine rings is 1. The predicted octanol–water partition coefficient (Wildman–Crippen LogP) is 2.38. The Morgan fingerprint density at radius 3 is 2.35 bits per heavy atom. The SMILES string of the molecule is CCCCC(CC)CN1CCN(CCC(=O)OC)CC1. The van der Waals surface area contributed by atoms with Crippen LogP contribution in [0.1, 0.15) is 46.0 Å². The molecular formula is C16H32N2O2. The summed E-state index contributed by atoms with van der Waals surface area (Å²) in [5.74, 6) is 0.759. The molecule has 1 unspecified atom stereocenters. The molecule has 1 fully saturated rings. The molecule has 0 aromatic heterocycles. The Bertz CT molecular complexity index is 263. The molecule has 1 heterocycles. The molecule has 0 amide bonds. The summed E-state index contributed by atoms with van der Waals surface area (Å²) in [6.45, 7) is 11.1. The fraction of sp³-hybridized carbons (Fsp3) is 0.938. The number of carbonyl (C=O) groups excluding carboxylic acids is 1. The van der Waals surface area contributed by atoms with Gasteiger partial charge >= 0.3 is 5.97 Å². The summed E-state index contributed by atoms with van der Waals surface area (Å²) >= 11 is 0. The first-order chi connectivity index (χ1) is 9.69. The number of hydrogen-bond donors (Lipinski definition) is 0. The fourth-order valence-electron chi connectivity index (χ4n) is 2.83. The minimum absolute atomic E-state index is 0.0990. The van der Waals surface area contributed by atoms with E-state index in [9.17, 15) is 4.79 Å². The van der Waals surface area contributed by atoms with E-state index in [-0.39, 0.29) is 5.97 Å². The monoisotopic (exact) mass is 284 g/mol. The maximum Gasteiger partial charge on any atom is 0.306 e. The maximum atomic E-state index is 11.1. The zero-order valence-electron chi connectivity index (χ0n) is 13.6. The van der Waals surface area contributed by atoms with Crippen LogP contribution in [0, 0.1) is 5.92 Å². The lowest BCUT2D eigenvalue weighted by atomic mass is 9.98. The summed E-state index contributed by atoms with van der Waals surface area (Å²) in [4.78, 5) is 16.1. The zero-order valence-corrected chi connectivity index (χ0v) is 13.6. The average molecular weight is 284 g/mol. The first kappa shape index (κ1) is 17.4. The Labute approximate surface area is 124 Å². The highest BCUT2D eigenvalue weighted by Gasteiger charge is 2.19. The topological polar surface area (TPSA) is 32.8 Å². The van der Waals surface area contributed by atoms with Crippen molar-refractivity contribution in [1.29, 1.82) is 0 Å². The van der Waals surface area contributed by atoms with E-state index in [0.717, 1.165) is 38.6 Å². The molecule has 4 heteroatoms. The minimum atomic E-state index is -0.0990. The van der Waals surface area contributed by atoms with Crippen LogP contribution in [-0.4, -0.2) is 62.1 Å². The third-order valence-electron chi connectivity index (χ3n) is 4.38. The van der Waals surface area contributed by atoms with Gasteiger partial charge in [-0.1, -0.05) is 33.1 Å². The molecule has 0 radical (unpaired) electrons. The third kappa shape index (κ3) is 6.71. The number of unbranched alkanes of at least 4 members (excludes halogenated alkanes) is 1. The van der Waals surface area contributed by atoms with Crippen LogP contribution in [0.5, 0.6) is 0 Å². The number of ether oxygens (including phenoxy) is 1. The zero-order chi connectivity index (χ0) is 14.8. The molecule has 0 saturated carbocycles. The summed E-state index contributed by atoms with van der Waals surface area (Å²) in [7, 11) is 1.46.